The summed E-state index contributed by atoms with van der Waals surface area (Å²) in [6, 6.07) is 0. The first-order valence-corrected chi connectivity index (χ1v) is 7.82. The normalized spacial score (nSPS) is 16.7. The van der Waals surface area contributed by atoms with Crippen molar-refractivity contribution in [1.29, 1.82) is 0 Å². The molecule has 1 rings (SSSR count). The summed E-state index contributed by atoms with van der Waals surface area (Å²) in [5.41, 5.74) is 0. The molecule has 1 aliphatic rings. The van der Waals surface area contributed by atoms with Gasteiger partial charge in [0, 0.05) is 19.5 Å². The van der Waals surface area contributed by atoms with Gasteiger partial charge in [0.1, 0.15) is 0 Å². The zero-order valence-electron chi connectivity index (χ0n) is 12.0. The lowest BCUT2D eigenvalue weighted by Gasteiger charge is -2.26. The van der Waals surface area contributed by atoms with Gasteiger partial charge in [0.05, 0.1) is 0 Å². The number of nitrogens with one attached hydrogen (secondary N) is 1. The van der Waals surface area contributed by atoms with E-state index in [-0.39, 0.29) is 5.91 Å². The summed E-state index contributed by atoms with van der Waals surface area (Å²) in [7, 11) is 0. The SMILES string of the molecule is CCCCCCCC(=O)NCCN1CCCCC1. The number of nitrogens with zero attached hydrogens (tertiary/aromatic N) is 1. The second kappa shape index (κ2) is 10.4. The molecule has 0 aliphatic carbocycles. The van der Waals surface area contributed by atoms with E-state index < -0.39 is 0 Å². The minimum absolute atomic E-state index is 0.239. The lowest BCUT2D eigenvalue weighted by Crippen LogP contribution is -2.37. The Morgan fingerprint density at radius 2 is 1.78 bits per heavy atom. The maximum atomic E-state index is 11.6. The topological polar surface area (TPSA) is 32.3 Å². The quantitative estimate of drug-likeness (QED) is 0.642. The third kappa shape index (κ3) is 7.70. The highest BCUT2D eigenvalue weighted by molar-refractivity contribution is 5.75. The number of rotatable bonds is 9. The van der Waals surface area contributed by atoms with Gasteiger partial charge in [-0.1, -0.05) is 39.0 Å². The molecule has 1 aliphatic heterocycles. The molecule has 1 heterocycles. The van der Waals surface area contributed by atoms with Gasteiger partial charge in [-0.15, -0.1) is 0 Å². The van der Waals surface area contributed by atoms with Crippen LogP contribution in [0.25, 0.3) is 0 Å². The molecule has 0 radical (unpaired) electrons. The summed E-state index contributed by atoms with van der Waals surface area (Å²) in [5, 5.41) is 3.04. The summed E-state index contributed by atoms with van der Waals surface area (Å²) < 4.78 is 0. The Kier molecular flexibility index (Phi) is 8.92. The third-order valence-electron chi connectivity index (χ3n) is 3.71. The number of carbonyl (C=O) groups excluding carboxylic acids is 1. The van der Waals surface area contributed by atoms with Gasteiger partial charge in [-0.2, -0.15) is 0 Å². The Morgan fingerprint density at radius 3 is 2.50 bits per heavy atom. The monoisotopic (exact) mass is 254 g/mol. The molecule has 1 amide bonds. The van der Waals surface area contributed by atoms with E-state index in [9.17, 15) is 4.79 Å². The van der Waals surface area contributed by atoms with Gasteiger partial charge in [-0.25, -0.2) is 0 Å². The zero-order valence-corrected chi connectivity index (χ0v) is 12.0. The number of hydrogen-bond acceptors (Lipinski definition) is 2. The number of unbranched alkanes of at least 4 members (excludes halogenated alkanes) is 4. The largest absolute Gasteiger partial charge is 0.355 e. The predicted octanol–water partition coefficient (Wildman–Crippen LogP) is 2.95. The van der Waals surface area contributed by atoms with Crippen LogP contribution in [0.5, 0.6) is 0 Å². The number of carbonyl (C=O) groups is 1. The van der Waals surface area contributed by atoms with E-state index in [1.807, 2.05) is 0 Å². The van der Waals surface area contributed by atoms with E-state index in [1.54, 1.807) is 0 Å². The first-order valence-electron chi connectivity index (χ1n) is 7.82. The van der Waals surface area contributed by atoms with Crippen molar-refractivity contribution < 1.29 is 4.79 Å². The molecular formula is C15H30N2O. The van der Waals surface area contributed by atoms with Crippen LogP contribution in [-0.2, 0) is 4.79 Å². The van der Waals surface area contributed by atoms with Gasteiger partial charge < -0.3 is 10.2 Å². The zero-order chi connectivity index (χ0) is 13.1. The molecule has 3 heteroatoms. The smallest absolute Gasteiger partial charge is 0.220 e. The standard InChI is InChI=1S/C15H30N2O/c1-2-3-4-5-7-10-15(18)16-11-14-17-12-8-6-9-13-17/h2-14H2,1H3,(H,16,18). The van der Waals surface area contributed by atoms with Gasteiger partial charge in [0.25, 0.3) is 0 Å². The number of likely N-dealkylation sites (tertiary alicyclic amines) is 1. The second-order valence-corrected chi connectivity index (χ2v) is 5.42. The minimum atomic E-state index is 0.239. The maximum absolute atomic E-state index is 11.6. The lowest BCUT2D eigenvalue weighted by molar-refractivity contribution is -0.121. The van der Waals surface area contributed by atoms with Gasteiger partial charge in [0.15, 0.2) is 0 Å². The van der Waals surface area contributed by atoms with E-state index >= 15 is 0 Å². The summed E-state index contributed by atoms with van der Waals surface area (Å²) in [6.07, 6.45) is 10.8. The molecule has 3 nitrogen and oxygen atoms in total. The van der Waals surface area contributed by atoms with Crippen LogP contribution in [0.4, 0.5) is 0 Å². The van der Waals surface area contributed by atoms with Crippen molar-refractivity contribution >= 4 is 5.91 Å². The average Bonchev–Trinajstić information content (AvgIpc) is 2.40. The van der Waals surface area contributed by atoms with Crippen LogP contribution in [0, 0.1) is 0 Å². The first-order chi connectivity index (χ1) is 8.83. The molecule has 1 N–H and O–H groups in total. The van der Waals surface area contributed by atoms with Crippen molar-refractivity contribution in [2.45, 2.75) is 64.7 Å². The van der Waals surface area contributed by atoms with E-state index in [2.05, 4.69) is 17.1 Å². The van der Waals surface area contributed by atoms with Crippen molar-refractivity contribution in [3.05, 3.63) is 0 Å². The molecular weight excluding hydrogens is 224 g/mol. The Morgan fingerprint density at radius 1 is 1.06 bits per heavy atom. The number of amides is 1. The fourth-order valence-corrected chi connectivity index (χ4v) is 2.51. The Bertz CT molecular complexity index is 213. The molecule has 0 atom stereocenters. The molecule has 0 saturated carbocycles. The summed E-state index contributed by atoms with van der Waals surface area (Å²) in [6.45, 7) is 6.50. The Balaban J connectivity index is 1.89. The van der Waals surface area contributed by atoms with E-state index in [0.717, 1.165) is 19.5 Å². The number of hydrogen-bond donors (Lipinski definition) is 1. The molecule has 0 unspecified atom stereocenters. The third-order valence-corrected chi connectivity index (χ3v) is 3.71. The first kappa shape index (κ1) is 15.5. The molecule has 0 aromatic rings. The van der Waals surface area contributed by atoms with Crippen LogP contribution in [0.1, 0.15) is 64.7 Å². The fraction of sp³-hybridized carbons (Fsp3) is 0.933. The summed E-state index contributed by atoms with van der Waals surface area (Å²) >= 11 is 0. The van der Waals surface area contributed by atoms with Crippen LogP contribution in [0.15, 0.2) is 0 Å². The molecule has 0 aromatic heterocycles. The van der Waals surface area contributed by atoms with Crippen LogP contribution in [0.3, 0.4) is 0 Å². The van der Waals surface area contributed by atoms with Gasteiger partial charge in [-0.3, -0.25) is 4.79 Å². The van der Waals surface area contributed by atoms with Crippen molar-refractivity contribution in [3.63, 3.8) is 0 Å². The average molecular weight is 254 g/mol. The minimum Gasteiger partial charge on any atom is -0.355 e. The lowest BCUT2D eigenvalue weighted by atomic mass is 10.1. The van der Waals surface area contributed by atoms with E-state index in [0.29, 0.717) is 6.42 Å². The van der Waals surface area contributed by atoms with Crippen LogP contribution >= 0.6 is 0 Å². The Labute approximate surface area is 112 Å². The van der Waals surface area contributed by atoms with Gasteiger partial charge >= 0.3 is 0 Å². The molecule has 106 valence electrons. The van der Waals surface area contributed by atoms with Crippen LogP contribution < -0.4 is 5.32 Å². The van der Waals surface area contributed by atoms with Crippen molar-refractivity contribution in [1.82, 2.24) is 10.2 Å². The number of piperidine rings is 1. The second-order valence-electron chi connectivity index (χ2n) is 5.42. The molecule has 0 aromatic carbocycles. The molecule has 18 heavy (non-hydrogen) atoms. The highest BCUT2D eigenvalue weighted by Crippen LogP contribution is 2.07. The molecule has 1 fully saturated rings. The van der Waals surface area contributed by atoms with Crippen molar-refractivity contribution in [2.75, 3.05) is 26.2 Å². The highest BCUT2D eigenvalue weighted by Gasteiger charge is 2.09. The van der Waals surface area contributed by atoms with E-state index in [1.165, 1.54) is 58.0 Å². The van der Waals surface area contributed by atoms with Crippen molar-refractivity contribution in [2.24, 2.45) is 0 Å². The molecule has 0 bridgehead atoms. The summed E-state index contributed by atoms with van der Waals surface area (Å²) in [4.78, 5) is 14.1. The fourth-order valence-electron chi connectivity index (χ4n) is 2.51. The highest BCUT2D eigenvalue weighted by atomic mass is 16.1. The predicted molar refractivity (Wildman–Crippen MR) is 76.7 cm³/mol. The summed E-state index contributed by atoms with van der Waals surface area (Å²) in [5.74, 6) is 0.239. The molecule has 0 spiro atoms. The Hall–Kier alpha value is -0.570. The van der Waals surface area contributed by atoms with Crippen LogP contribution in [-0.4, -0.2) is 37.0 Å². The molecule has 1 saturated heterocycles. The van der Waals surface area contributed by atoms with Crippen LogP contribution in [0.2, 0.25) is 0 Å². The van der Waals surface area contributed by atoms with Gasteiger partial charge in [-0.05, 0) is 32.4 Å². The van der Waals surface area contributed by atoms with E-state index in [4.69, 9.17) is 0 Å². The van der Waals surface area contributed by atoms with Crippen molar-refractivity contribution in [3.8, 4) is 0 Å². The maximum Gasteiger partial charge on any atom is 0.220 e. The van der Waals surface area contributed by atoms with Gasteiger partial charge in [0.2, 0.25) is 5.91 Å².